The Bertz CT molecular complexity index is 1350. The Morgan fingerprint density at radius 3 is 2.36 bits per heavy atom. The second kappa shape index (κ2) is 9.16. The van der Waals surface area contributed by atoms with Crippen molar-refractivity contribution in [2.24, 2.45) is 0 Å². The first-order chi connectivity index (χ1) is 15.7. The molecule has 5 heteroatoms. The maximum Gasteiger partial charge on any atom is 0.214 e. The second-order valence-corrected chi connectivity index (χ2v) is 9.16. The molecule has 1 heterocycles. The van der Waals surface area contributed by atoms with Crippen LogP contribution in [0.1, 0.15) is 47.8 Å². The van der Waals surface area contributed by atoms with Gasteiger partial charge in [0.25, 0.3) is 0 Å². The molecular weight excluding hydrogens is 437 g/mol. The van der Waals surface area contributed by atoms with Gasteiger partial charge >= 0.3 is 0 Å². The van der Waals surface area contributed by atoms with Crippen LogP contribution < -0.4 is 4.74 Å². The predicted octanol–water partition coefficient (Wildman–Crippen LogP) is 7.61. The molecule has 0 aliphatic carbocycles. The molecule has 3 aromatic carbocycles. The van der Waals surface area contributed by atoms with Crippen molar-refractivity contribution < 1.29 is 13.9 Å². The minimum Gasteiger partial charge on any atom is -0.472 e. The molecule has 3 nitrogen and oxygen atoms in total. The fraction of sp³-hybridized carbons (Fsp3) is 0.143. The summed E-state index contributed by atoms with van der Waals surface area (Å²) < 4.78 is 19.6. The van der Waals surface area contributed by atoms with Crippen molar-refractivity contribution in [3.63, 3.8) is 0 Å². The lowest BCUT2D eigenvalue weighted by Crippen LogP contribution is -2.23. The van der Waals surface area contributed by atoms with Gasteiger partial charge in [-0.25, -0.2) is 9.37 Å². The van der Waals surface area contributed by atoms with Crippen LogP contribution in [0.3, 0.4) is 0 Å². The van der Waals surface area contributed by atoms with Crippen molar-refractivity contribution >= 4 is 40.4 Å². The largest absolute Gasteiger partial charge is 0.472 e. The summed E-state index contributed by atoms with van der Waals surface area (Å²) in [6.45, 7) is 5.86. The van der Waals surface area contributed by atoms with E-state index >= 15 is 0 Å². The number of fused-ring (bicyclic) bond motifs is 1. The number of halogens is 2. The highest BCUT2D eigenvalue weighted by Gasteiger charge is 2.16. The van der Waals surface area contributed by atoms with Crippen LogP contribution in [0.4, 0.5) is 4.39 Å². The number of hydrogen-bond acceptors (Lipinski definition) is 3. The highest BCUT2D eigenvalue weighted by atomic mass is 35.5. The third kappa shape index (κ3) is 5.65. The summed E-state index contributed by atoms with van der Waals surface area (Å²) in [5.74, 6) is 0.0682. The molecule has 0 spiro atoms. The van der Waals surface area contributed by atoms with E-state index in [9.17, 15) is 9.18 Å². The minimum atomic E-state index is -0.422. The first kappa shape index (κ1) is 22.7. The second-order valence-electron chi connectivity index (χ2n) is 8.72. The van der Waals surface area contributed by atoms with Crippen LogP contribution in [0, 0.1) is 5.82 Å². The molecule has 166 valence electrons. The van der Waals surface area contributed by atoms with Gasteiger partial charge in [0, 0.05) is 27.6 Å². The van der Waals surface area contributed by atoms with Crippen molar-refractivity contribution in [3.05, 3.63) is 106 Å². The molecule has 0 bridgehead atoms. The minimum absolute atomic E-state index is 0.108. The third-order valence-electron chi connectivity index (χ3n) is 4.90. The van der Waals surface area contributed by atoms with Crippen molar-refractivity contribution in [1.29, 1.82) is 0 Å². The number of rotatable bonds is 5. The molecule has 0 saturated carbocycles. The first-order valence-corrected chi connectivity index (χ1v) is 10.9. The SMILES string of the molecule is CC(C)(C)Oc1cc(/C=C/c2cccc(F)c2)c2cc(C(=O)c3ccc(Cl)cc3)ccc2n1. The van der Waals surface area contributed by atoms with Crippen LogP contribution in [0.15, 0.2) is 72.8 Å². The number of ketones is 1. The summed E-state index contributed by atoms with van der Waals surface area (Å²) in [7, 11) is 0. The van der Waals surface area contributed by atoms with E-state index in [2.05, 4.69) is 4.98 Å². The summed E-state index contributed by atoms with van der Waals surface area (Å²) in [5.41, 5.74) is 2.91. The Balaban J connectivity index is 1.81. The molecule has 0 amide bonds. The Labute approximate surface area is 197 Å². The molecule has 4 rings (SSSR count). The van der Waals surface area contributed by atoms with E-state index < -0.39 is 5.60 Å². The Morgan fingerprint density at radius 2 is 1.67 bits per heavy atom. The van der Waals surface area contributed by atoms with Crippen molar-refractivity contribution in [1.82, 2.24) is 4.98 Å². The van der Waals surface area contributed by atoms with Crippen LogP contribution in [-0.4, -0.2) is 16.4 Å². The van der Waals surface area contributed by atoms with Crippen molar-refractivity contribution in [2.75, 3.05) is 0 Å². The quantitative estimate of drug-likeness (QED) is 0.288. The van der Waals surface area contributed by atoms with E-state index in [1.807, 2.05) is 57.2 Å². The van der Waals surface area contributed by atoms with Gasteiger partial charge in [-0.1, -0.05) is 35.9 Å². The van der Waals surface area contributed by atoms with Crippen molar-refractivity contribution in [3.8, 4) is 5.88 Å². The highest BCUT2D eigenvalue weighted by molar-refractivity contribution is 6.30. The summed E-state index contributed by atoms with van der Waals surface area (Å²) in [6, 6.07) is 20.4. The molecule has 4 aromatic rings. The molecule has 0 aliphatic heterocycles. The number of nitrogens with zero attached hydrogens (tertiary/aromatic N) is 1. The summed E-state index contributed by atoms with van der Waals surface area (Å²) in [5, 5.41) is 1.37. The van der Waals surface area contributed by atoms with E-state index in [0.717, 1.165) is 16.5 Å². The fourth-order valence-electron chi connectivity index (χ4n) is 3.44. The van der Waals surface area contributed by atoms with Crippen LogP contribution in [0.25, 0.3) is 23.1 Å². The van der Waals surface area contributed by atoms with Crippen LogP contribution >= 0.6 is 11.6 Å². The van der Waals surface area contributed by atoms with Gasteiger partial charge in [-0.05, 0) is 86.5 Å². The van der Waals surface area contributed by atoms with Gasteiger partial charge in [0.15, 0.2) is 5.78 Å². The van der Waals surface area contributed by atoms with Gasteiger partial charge < -0.3 is 4.74 Å². The predicted molar refractivity (Wildman–Crippen MR) is 132 cm³/mol. The van der Waals surface area contributed by atoms with Gasteiger partial charge in [0.1, 0.15) is 11.4 Å². The Kier molecular flexibility index (Phi) is 6.30. The molecule has 0 N–H and O–H groups in total. The summed E-state index contributed by atoms with van der Waals surface area (Å²) in [6.07, 6.45) is 3.71. The lowest BCUT2D eigenvalue weighted by molar-refractivity contribution is 0.103. The van der Waals surface area contributed by atoms with E-state index in [1.54, 1.807) is 36.4 Å². The number of carbonyl (C=O) groups is 1. The lowest BCUT2D eigenvalue weighted by Gasteiger charge is -2.21. The van der Waals surface area contributed by atoms with Gasteiger partial charge in [-0.2, -0.15) is 0 Å². The molecule has 0 aliphatic rings. The van der Waals surface area contributed by atoms with Gasteiger partial charge in [-0.15, -0.1) is 0 Å². The molecule has 0 saturated heterocycles. The first-order valence-electron chi connectivity index (χ1n) is 10.6. The standard InChI is InChI=1S/C28H23ClFNO2/c1-28(2,3)33-26-17-20(8-7-18-5-4-6-23(30)15-18)24-16-21(11-14-25(24)31-26)27(32)19-9-12-22(29)13-10-19/h4-17H,1-3H3/b8-7+. The van der Waals surface area contributed by atoms with Gasteiger partial charge in [0.2, 0.25) is 5.88 Å². The summed E-state index contributed by atoms with van der Waals surface area (Å²) in [4.78, 5) is 17.7. The maximum absolute atomic E-state index is 13.6. The molecule has 0 radical (unpaired) electrons. The van der Waals surface area contributed by atoms with E-state index in [-0.39, 0.29) is 11.6 Å². The molecular formula is C28H23ClFNO2. The molecule has 0 fully saturated rings. The zero-order valence-corrected chi connectivity index (χ0v) is 19.4. The number of carbonyl (C=O) groups excluding carboxylic acids is 1. The monoisotopic (exact) mass is 459 g/mol. The molecule has 33 heavy (non-hydrogen) atoms. The highest BCUT2D eigenvalue weighted by Crippen LogP contribution is 2.28. The maximum atomic E-state index is 13.6. The van der Waals surface area contributed by atoms with Crippen LogP contribution in [0.5, 0.6) is 5.88 Å². The zero-order valence-electron chi connectivity index (χ0n) is 18.6. The smallest absolute Gasteiger partial charge is 0.214 e. The molecule has 0 atom stereocenters. The lowest BCUT2D eigenvalue weighted by atomic mass is 9.99. The van der Waals surface area contributed by atoms with Crippen LogP contribution in [-0.2, 0) is 0 Å². The van der Waals surface area contributed by atoms with E-state index in [0.29, 0.717) is 27.5 Å². The number of pyridine rings is 1. The summed E-state index contributed by atoms with van der Waals surface area (Å²) >= 11 is 5.95. The zero-order chi connectivity index (χ0) is 23.6. The average molecular weight is 460 g/mol. The Morgan fingerprint density at radius 1 is 0.939 bits per heavy atom. The number of ether oxygens (including phenoxy) is 1. The van der Waals surface area contributed by atoms with Crippen LogP contribution in [0.2, 0.25) is 5.02 Å². The molecule has 0 unspecified atom stereocenters. The molecule has 1 aromatic heterocycles. The van der Waals surface area contributed by atoms with Crippen molar-refractivity contribution in [2.45, 2.75) is 26.4 Å². The topological polar surface area (TPSA) is 39.2 Å². The third-order valence-corrected chi connectivity index (χ3v) is 5.15. The normalized spacial score (nSPS) is 11.8. The van der Waals surface area contributed by atoms with Gasteiger partial charge in [0.05, 0.1) is 5.52 Å². The van der Waals surface area contributed by atoms with E-state index in [1.165, 1.54) is 12.1 Å². The number of aromatic nitrogens is 1. The fourth-order valence-corrected chi connectivity index (χ4v) is 3.56. The van der Waals surface area contributed by atoms with Gasteiger partial charge in [-0.3, -0.25) is 4.79 Å². The Hall–Kier alpha value is -3.50. The number of benzene rings is 3. The number of hydrogen-bond donors (Lipinski definition) is 0. The average Bonchev–Trinajstić information content (AvgIpc) is 2.76. The van der Waals surface area contributed by atoms with E-state index in [4.69, 9.17) is 16.3 Å².